The summed E-state index contributed by atoms with van der Waals surface area (Å²) in [6.07, 6.45) is 5.68. The molecule has 172 valence electrons. The highest BCUT2D eigenvalue weighted by Gasteiger charge is 2.48. The first-order valence-electron chi connectivity index (χ1n) is 10.5. The van der Waals surface area contributed by atoms with E-state index in [0.717, 1.165) is 12.8 Å². The number of Topliss-reactive ketones (excluding diaryl/α,β-unsaturated/α-hetero) is 3. The summed E-state index contributed by atoms with van der Waals surface area (Å²) in [5, 5.41) is 14.3. The summed E-state index contributed by atoms with van der Waals surface area (Å²) in [6.45, 7) is 9.16. The Bertz CT molecular complexity index is 761. The van der Waals surface area contributed by atoms with E-state index >= 15 is 0 Å². The SMILES string of the molecule is C=CCO/N=C(\CCC)C1=C(O)CC(C)(C)C(C(=O)OC)C1=O.O=C1CCCCC1=O. The average Bonchev–Trinajstić information content (AvgIpc) is 2.69. The lowest BCUT2D eigenvalue weighted by molar-refractivity contribution is -0.154. The number of hydrogen-bond donors (Lipinski definition) is 1. The van der Waals surface area contributed by atoms with Crippen LogP contribution in [0, 0.1) is 11.3 Å². The molecule has 1 atom stereocenters. The van der Waals surface area contributed by atoms with Crippen LogP contribution in [0.3, 0.4) is 0 Å². The highest BCUT2D eigenvalue weighted by molar-refractivity contribution is 6.37. The molecule has 0 aromatic heterocycles. The number of esters is 1. The Hall–Kier alpha value is -2.77. The topological polar surface area (TPSA) is 119 Å². The minimum Gasteiger partial charge on any atom is -0.511 e. The first-order chi connectivity index (χ1) is 14.6. The summed E-state index contributed by atoms with van der Waals surface area (Å²) in [5.74, 6) is -2.45. The quantitative estimate of drug-likeness (QED) is 0.123. The Balaban J connectivity index is 0.000000500. The lowest BCUT2D eigenvalue weighted by Crippen LogP contribution is -2.44. The average molecular weight is 436 g/mol. The molecule has 1 fully saturated rings. The minimum absolute atomic E-state index is 0.0606. The number of hydrogen-bond acceptors (Lipinski definition) is 8. The van der Waals surface area contributed by atoms with Gasteiger partial charge >= 0.3 is 5.97 Å². The van der Waals surface area contributed by atoms with Gasteiger partial charge in [0.2, 0.25) is 0 Å². The number of allylic oxidation sites excluding steroid dienone is 2. The molecule has 8 heteroatoms. The van der Waals surface area contributed by atoms with Gasteiger partial charge in [-0.1, -0.05) is 45.0 Å². The second kappa shape index (κ2) is 12.2. The van der Waals surface area contributed by atoms with Crippen molar-refractivity contribution in [1.82, 2.24) is 0 Å². The Morgan fingerprint density at radius 2 is 1.81 bits per heavy atom. The van der Waals surface area contributed by atoms with Crippen LogP contribution in [-0.2, 0) is 28.8 Å². The molecule has 2 rings (SSSR count). The molecule has 0 saturated heterocycles. The summed E-state index contributed by atoms with van der Waals surface area (Å²) in [7, 11) is 1.25. The third-order valence-electron chi connectivity index (χ3n) is 5.15. The van der Waals surface area contributed by atoms with Crippen molar-refractivity contribution in [3.63, 3.8) is 0 Å². The predicted molar refractivity (Wildman–Crippen MR) is 116 cm³/mol. The van der Waals surface area contributed by atoms with E-state index in [9.17, 15) is 24.3 Å². The van der Waals surface area contributed by atoms with Gasteiger partial charge in [-0.25, -0.2) is 0 Å². The number of rotatable bonds is 7. The van der Waals surface area contributed by atoms with Crippen LogP contribution >= 0.6 is 0 Å². The number of ketones is 3. The van der Waals surface area contributed by atoms with Gasteiger partial charge in [0, 0.05) is 19.3 Å². The molecule has 1 saturated carbocycles. The number of nitrogens with zero attached hydrogens (tertiary/aromatic N) is 1. The summed E-state index contributed by atoms with van der Waals surface area (Å²) in [5.41, 5.74) is -0.302. The van der Waals surface area contributed by atoms with Crippen LogP contribution in [0.2, 0.25) is 0 Å². The molecule has 1 N–H and O–H groups in total. The van der Waals surface area contributed by atoms with Crippen LogP contribution in [-0.4, -0.2) is 47.9 Å². The fourth-order valence-electron chi connectivity index (χ4n) is 3.59. The molecule has 2 aliphatic carbocycles. The van der Waals surface area contributed by atoms with Gasteiger partial charge in [0.25, 0.3) is 0 Å². The molecule has 0 aromatic carbocycles. The van der Waals surface area contributed by atoms with Crippen molar-refractivity contribution >= 4 is 29.0 Å². The largest absolute Gasteiger partial charge is 0.511 e. The highest BCUT2D eigenvalue weighted by atomic mass is 16.6. The summed E-state index contributed by atoms with van der Waals surface area (Å²) in [6, 6.07) is 0. The van der Waals surface area contributed by atoms with Crippen molar-refractivity contribution in [2.24, 2.45) is 16.5 Å². The van der Waals surface area contributed by atoms with Gasteiger partial charge in [0.15, 0.2) is 17.3 Å². The Labute approximate surface area is 183 Å². The smallest absolute Gasteiger partial charge is 0.317 e. The van der Waals surface area contributed by atoms with E-state index in [0.29, 0.717) is 31.4 Å². The van der Waals surface area contributed by atoms with Gasteiger partial charge in [0.05, 0.1) is 18.4 Å². The van der Waals surface area contributed by atoms with Crippen molar-refractivity contribution < 1.29 is 33.9 Å². The van der Waals surface area contributed by atoms with Crippen LogP contribution < -0.4 is 0 Å². The molecule has 0 radical (unpaired) electrons. The van der Waals surface area contributed by atoms with E-state index in [1.165, 1.54) is 13.2 Å². The molecule has 8 nitrogen and oxygen atoms in total. The number of methoxy groups -OCH3 is 1. The summed E-state index contributed by atoms with van der Waals surface area (Å²) < 4.78 is 4.77. The Kier molecular flexibility index (Phi) is 10.3. The zero-order valence-corrected chi connectivity index (χ0v) is 18.9. The fourth-order valence-corrected chi connectivity index (χ4v) is 3.59. The van der Waals surface area contributed by atoms with Crippen LogP contribution in [0.4, 0.5) is 0 Å². The molecular weight excluding hydrogens is 402 g/mol. The first-order valence-corrected chi connectivity index (χ1v) is 10.5. The second-order valence-corrected chi connectivity index (χ2v) is 8.23. The molecule has 0 spiro atoms. The van der Waals surface area contributed by atoms with Crippen LogP contribution in [0.15, 0.2) is 29.1 Å². The molecule has 0 bridgehead atoms. The maximum atomic E-state index is 12.8. The number of aliphatic hydroxyl groups excluding tert-OH is 1. The first kappa shape index (κ1) is 26.3. The van der Waals surface area contributed by atoms with E-state index in [-0.39, 0.29) is 35.9 Å². The summed E-state index contributed by atoms with van der Waals surface area (Å²) in [4.78, 5) is 50.8. The monoisotopic (exact) mass is 435 g/mol. The highest BCUT2D eigenvalue weighted by Crippen LogP contribution is 2.42. The number of carbonyl (C=O) groups is 4. The van der Waals surface area contributed by atoms with E-state index < -0.39 is 23.1 Å². The standard InChI is InChI=1S/C17H25NO5.C6H8O2/c1-6-8-11(18-23-9-7-2)13-12(19)10-17(3,4)14(15(13)20)16(21)22-5;7-5-3-1-2-4-6(5)8/h7,14,19H,2,6,8-10H2,1,3-5H3;1-4H2/b18-11+;. The molecule has 1 unspecified atom stereocenters. The molecule has 0 amide bonds. The predicted octanol–water partition coefficient (Wildman–Crippen LogP) is 3.64. The maximum Gasteiger partial charge on any atom is 0.317 e. The zero-order chi connectivity index (χ0) is 23.6. The number of ether oxygens (including phenoxy) is 1. The second-order valence-electron chi connectivity index (χ2n) is 8.23. The number of carbonyl (C=O) groups excluding carboxylic acids is 4. The molecule has 31 heavy (non-hydrogen) atoms. The minimum atomic E-state index is -0.972. The lowest BCUT2D eigenvalue weighted by atomic mass is 9.67. The van der Waals surface area contributed by atoms with Gasteiger partial charge in [-0.2, -0.15) is 0 Å². The van der Waals surface area contributed by atoms with Crippen LogP contribution in [0.5, 0.6) is 0 Å². The Morgan fingerprint density at radius 3 is 2.26 bits per heavy atom. The van der Waals surface area contributed by atoms with Gasteiger partial charge in [-0.05, 0) is 24.7 Å². The zero-order valence-electron chi connectivity index (χ0n) is 18.9. The fraction of sp³-hybridized carbons (Fsp3) is 0.609. The van der Waals surface area contributed by atoms with E-state index in [4.69, 9.17) is 9.57 Å². The van der Waals surface area contributed by atoms with Crippen molar-refractivity contribution in [1.29, 1.82) is 0 Å². The summed E-state index contributed by atoms with van der Waals surface area (Å²) >= 11 is 0. The third-order valence-corrected chi connectivity index (χ3v) is 5.15. The van der Waals surface area contributed by atoms with E-state index in [2.05, 4.69) is 11.7 Å². The molecule has 0 aliphatic heterocycles. The van der Waals surface area contributed by atoms with Crippen molar-refractivity contribution in [3.05, 3.63) is 24.0 Å². The van der Waals surface area contributed by atoms with Gasteiger partial charge in [-0.3, -0.25) is 19.2 Å². The molecule has 0 aromatic rings. The maximum absolute atomic E-state index is 12.8. The van der Waals surface area contributed by atoms with Crippen molar-refractivity contribution in [2.45, 2.75) is 65.7 Å². The number of oxime groups is 1. The van der Waals surface area contributed by atoms with Crippen LogP contribution in [0.1, 0.15) is 65.7 Å². The van der Waals surface area contributed by atoms with Crippen LogP contribution in [0.25, 0.3) is 0 Å². The molecule has 2 aliphatic rings. The van der Waals surface area contributed by atoms with Gasteiger partial charge in [0.1, 0.15) is 18.3 Å². The molecular formula is C23H33NO7. The van der Waals surface area contributed by atoms with E-state index in [1.54, 1.807) is 13.8 Å². The van der Waals surface area contributed by atoms with Gasteiger partial charge < -0.3 is 14.7 Å². The van der Waals surface area contributed by atoms with Crippen molar-refractivity contribution in [3.8, 4) is 0 Å². The van der Waals surface area contributed by atoms with Crippen molar-refractivity contribution in [2.75, 3.05) is 13.7 Å². The Morgan fingerprint density at radius 1 is 1.23 bits per heavy atom. The normalized spacial score (nSPS) is 21.2. The molecule has 0 heterocycles. The number of aliphatic hydroxyl groups is 1. The van der Waals surface area contributed by atoms with Gasteiger partial charge in [-0.15, -0.1) is 0 Å². The third kappa shape index (κ3) is 7.15. The lowest BCUT2D eigenvalue weighted by Gasteiger charge is -2.36. The van der Waals surface area contributed by atoms with E-state index in [1.807, 2.05) is 6.92 Å².